The van der Waals surface area contributed by atoms with Crippen LogP contribution in [0.5, 0.6) is 5.75 Å². The number of rotatable bonds is 6. The monoisotopic (exact) mass is 391 g/mol. The fraction of sp³-hybridized carbons (Fsp3) is 0.619. The number of hydrogen-bond donors (Lipinski definition) is 0. The third kappa shape index (κ3) is 4.19. The van der Waals surface area contributed by atoms with Crippen molar-refractivity contribution in [1.82, 2.24) is 15.0 Å². The van der Waals surface area contributed by atoms with Gasteiger partial charge in [-0.2, -0.15) is 4.98 Å². The second-order valence-electron chi connectivity index (χ2n) is 8.28. The van der Waals surface area contributed by atoms with E-state index in [1.165, 1.54) is 18.6 Å². The van der Waals surface area contributed by atoms with Gasteiger partial charge < -0.3 is 9.26 Å². The molecule has 4 rings (SSSR count). The van der Waals surface area contributed by atoms with Gasteiger partial charge in [0, 0.05) is 19.0 Å². The van der Waals surface area contributed by atoms with Gasteiger partial charge in [-0.25, -0.2) is 8.78 Å². The number of ether oxygens (including phenoxy) is 1. The predicted octanol–water partition coefficient (Wildman–Crippen LogP) is 4.78. The molecule has 0 N–H and O–H groups in total. The Bertz CT molecular complexity index is 789. The van der Waals surface area contributed by atoms with Gasteiger partial charge >= 0.3 is 0 Å². The Morgan fingerprint density at radius 1 is 1.14 bits per heavy atom. The Morgan fingerprint density at radius 2 is 1.82 bits per heavy atom. The fourth-order valence-corrected chi connectivity index (χ4v) is 4.01. The predicted molar refractivity (Wildman–Crippen MR) is 100 cm³/mol. The van der Waals surface area contributed by atoms with Crippen molar-refractivity contribution in [3.8, 4) is 5.75 Å². The standard InChI is InChI=1S/C21H27F2N3O2/c1-13(2)21-24-19(28-25-21)12-26-10-16(11-26)27-20-17(22)8-15(9-18(20)23)14-6-4-3-5-7-14/h8-9,13-14,16H,3-7,10-12H2,1-2H3. The highest BCUT2D eigenvalue weighted by molar-refractivity contribution is 5.33. The molecule has 0 radical (unpaired) electrons. The van der Waals surface area contributed by atoms with Crippen molar-refractivity contribution >= 4 is 0 Å². The van der Waals surface area contributed by atoms with Gasteiger partial charge in [-0.15, -0.1) is 0 Å². The fourth-order valence-electron chi connectivity index (χ4n) is 4.01. The van der Waals surface area contributed by atoms with Crippen molar-refractivity contribution in [2.45, 2.75) is 70.4 Å². The van der Waals surface area contributed by atoms with E-state index in [4.69, 9.17) is 9.26 Å². The minimum Gasteiger partial charge on any atom is -0.482 e. The van der Waals surface area contributed by atoms with E-state index in [0.29, 0.717) is 31.3 Å². The molecule has 0 unspecified atom stereocenters. The van der Waals surface area contributed by atoms with Gasteiger partial charge in [0.2, 0.25) is 5.89 Å². The van der Waals surface area contributed by atoms with Gasteiger partial charge in [0.05, 0.1) is 6.54 Å². The summed E-state index contributed by atoms with van der Waals surface area (Å²) in [6.45, 7) is 5.67. The molecule has 2 aromatic rings. The van der Waals surface area contributed by atoms with Crippen molar-refractivity contribution in [3.05, 3.63) is 41.0 Å². The zero-order chi connectivity index (χ0) is 19.7. The first-order valence-electron chi connectivity index (χ1n) is 10.2. The van der Waals surface area contributed by atoms with Crippen molar-refractivity contribution in [3.63, 3.8) is 0 Å². The summed E-state index contributed by atoms with van der Waals surface area (Å²) < 4.78 is 39.8. The van der Waals surface area contributed by atoms with Gasteiger partial charge in [0.1, 0.15) is 6.10 Å². The summed E-state index contributed by atoms with van der Waals surface area (Å²) in [5, 5.41) is 3.94. The molecule has 7 heteroatoms. The number of likely N-dealkylation sites (tertiary alicyclic amines) is 1. The van der Waals surface area contributed by atoms with Crippen LogP contribution in [-0.4, -0.2) is 34.2 Å². The van der Waals surface area contributed by atoms with Crippen LogP contribution in [0.2, 0.25) is 0 Å². The number of halogens is 2. The molecule has 5 nitrogen and oxygen atoms in total. The molecular formula is C21H27F2N3O2. The van der Waals surface area contributed by atoms with Crippen LogP contribution in [0.3, 0.4) is 0 Å². The van der Waals surface area contributed by atoms with Crippen LogP contribution >= 0.6 is 0 Å². The molecular weight excluding hydrogens is 364 g/mol. The molecule has 28 heavy (non-hydrogen) atoms. The number of benzene rings is 1. The van der Waals surface area contributed by atoms with Crippen molar-refractivity contribution in [1.29, 1.82) is 0 Å². The third-order valence-electron chi connectivity index (χ3n) is 5.66. The highest BCUT2D eigenvalue weighted by Crippen LogP contribution is 2.36. The van der Waals surface area contributed by atoms with E-state index < -0.39 is 11.6 Å². The lowest BCUT2D eigenvalue weighted by molar-refractivity contribution is 0.00425. The smallest absolute Gasteiger partial charge is 0.240 e. The van der Waals surface area contributed by atoms with Crippen LogP contribution in [0.15, 0.2) is 16.7 Å². The largest absolute Gasteiger partial charge is 0.482 e. The van der Waals surface area contributed by atoms with Gasteiger partial charge in [-0.3, -0.25) is 4.90 Å². The first kappa shape index (κ1) is 19.3. The van der Waals surface area contributed by atoms with Crippen LogP contribution in [0.25, 0.3) is 0 Å². The Balaban J connectivity index is 1.32. The van der Waals surface area contributed by atoms with Crippen LogP contribution < -0.4 is 4.74 Å². The maximum atomic E-state index is 14.5. The average Bonchev–Trinajstić information content (AvgIpc) is 3.12. The topological polar surface area (TPSA) is 51.4 Å². The second kappa shape index (κ2) is 8.15. The molecule has 1 saturated heterocycles. The minimum absolute atomic E-state index is 0.215. The summed E-state index contributed by atoms with van der Waals surface area (Å²) in [4.78, 5) is 6.39. The van der Waals surface area contributed by atoms with Crippen LogP contribution in [0.4, 0.5) is 8.78 Å². The third-order valence-corrected chi connectivity index (χ3v) is 5.66. The molecule has 1 aromatic heterocycles. The lowest BCUT2D eigenvalue weighted by atomic mass is 9.84. The van der Waals surface area contributed by atoms with Gasteiger partial charge in [0.25, 0.3) is 0 Å². The molecule has 0 bridgehead atoms. The molecule has 2 aliphatic rings. The number of nitrogens with zero attached hydrogens (tertiary/aromatic N) is 3. The van der Waals surface area contributed by atoms with E-state index in [9.17, 15) is 8.78 Å². The molecule has 1 aliphatic carbocycles. The summed E-state index contributed by atoms with van der Waals surface area (Å²) >= 11 is 0. The molecule has 0 spiro atoms. The Hall–Kier alpha value is -2.02. The van der Waals surface area contributed by atoms with Crippen LogP contribution in [-0.2, 0) is 6.54 Å². The molecule has 0 atom stereocenters. The van der Waals surface area contributed by atoms with Crippen molar-refractivity contribution in [2.24, 2.45) is 0 Å². The lowest BCUT2D eigenvalue weighted by Crippen LogP contribution is -2.53. The summed E-state index contributed by atoms with van der Waals surface area (Å²) in [5.41, 5.74) is 0.759. The molecule has 1 aliphatic heterocycles. The van der Waals surface area contributed by atoms with Crippen LogP contribution in [0.1, 0.15) is 75.1 Å². The van der Waals surface area contributed by atoms with Crippen molar-refractivity contribution in [2.75, 3.05) is 13.1 Å². The zero-order valence-corrected chi connectivity index (χ0v) is 16.5. The summed E-state index contributed by atoms with van der Waals surface area (Å²) in [7, 11) is 0. The van der Waals surface area contributed by atoms with Crippen LogP contribution in [0, 0.1) is 11.6 Å². The normalized spacial score (nSPS) is 19.2. The van der Waals surface area contributed by atoms with Gasteiger partial charge in [-0.05, 0) is 36.5 Å². The first-order valence-corrected chi connectivity index (χ1v) is 10.2. The Morgan fingerprint density at radius 3 is 2.43 bits per heavy atom. The summed E-state index contributed by atoms with van der Waals surface area (Å²) in [5.74, 6) is 0.254. The Labute approximate surface area is 164 Å². The van der Waals surface area contributed by atoms with Gasteiger partial charge in [0.15, 0.2) is 23.2 Å². The molecule has 2 fully saturated rings. The maximum absolute atomic E-state index is 14.5. The summed E-state index contributed by atoms with van der Waals surface area (Å²) in [6.07, 6.45) is 5.24. The highest BCUT2D eigenvalue weighted by atomic mass is 19.1. The molecule has 1 saturated carbocycles. The highest BCUT2D eigenvalue weighted by Gasteiger charge is 2.32. The SMILES string of the molecule is CC(C)c1noc(CN2CC(Oc3c(F)cc(C4CCCCC4)cc3F)C2)n1. The maximum Gasteiger partial charge on any atom is 0.240 e. The Kier molecular flexibility index (Phi) is 5.62. The minimum atomic E-state index is -0.600. The average molecular weight is 391 g/mol. The van der Waals surface area contributed by atoms with E-state index in [1.807, 2.05) is 13.8 Å². The zero-order valence-electron chi connectivity index (χ0n) is 16.5. The molecule has 1 aromatic carbocycles. The summed E-state index contributed by atoms with van der Waals surface area (Å²) in [6, 6.07) is 2.91. The van der Waals surface area contributed by atoms with E-state index in [1.54, 1.807) is 0 Å². The number of hydrogen-bond acceptors (Lipinski definition) is 5. The van der Waals surface area contributed by atoms with E-state index in [2.05, 4.69) is 15.0 Å². The van der Waals surface area contributed by atoms with E-state index in [0.717, 1.165) is 31.2 Å². The second-order valence-corrected chi connectivity index (χ2v) is 8.28. The molecule has 152 valence electrons. The van der Waals surface area contributed by atoms with Crippen molar-refractivity contribution < 1.29 is 18.0 Å². The van der Waals surface area contributed by atoms with E-state index in [-0.39, 0.29) is 23.7 Å². The van der Waals surface area contributed by atoms with E-state index >= 15 is 0 Å². The number of aromatic nitrogens is 2. The molecule has 0 amide bonds. The first-order chi connectivity index (χ1) is 13.5. The lowest BCUT2D eigenvalue weighted by Gasteiger charge is -2.38. The van der Waals surface area contributed by atoms with Gasteiger partial charge in [-0.1, -0.05) is 38.3 Å². The quantitative estimate of drug-likeness (QED) is 0.709. The molecule has 2 heterocycles.